The minimum absolute atomic E-state index is 0. The Hall–Kier alpha value is -3.43. The Morgan fingerprint density at radius 3 is 2.56 bits per heavy atom. The van der Waals surface area contributed by atoms with Gasteiger partial charge in [0.1, 0.15) is 21.5 Å². The number of nitrogens with zero attached hydrogens (tertiary/aromatic N) is 2. The summed E-state index contributed by atoms with van der Waals surface area (Å²) >= 11 is 3.32. The second kappa shape index (κ2) is 11.8. The molecule has 200 valence electrons. The van der Waals surface area contributed by atoms with Gasteiger partial charge in [0.25, 0.3) is 5.91 Å². The van der Waals surface area contributed by atoms with E-state index < -0.39 is 0 Å². The maximum absolute atomic E-state index is 13.5. The van der Waals surface area contributed by atoms with Crippen LogP contribution in [-0.4, -0.2) is 36.6 Å². The van der Waals surface area contributed by atoms with Crippen molar-refractivity contribution in [2.75, 3.05) is 26.1 Å². The lowest BCUT2D eigenvalue weighted by molar-refractivity contribution is 0.102. The normalized spacial score (nSPS) is 13.0. The van der Waals surface area contributed by atoms with E-state index in [-0.39, 0.29) is 18.3 Å². The Morgan fingerprint density at radius 1 is 1.00 bits per heavy atom. The van der Waals surface area contributed by atoms with Crippen LogP contribution < -0.4 is 14.8 Å². The van der Waals surface area contributed by atoms with E-state index in [9.17, 15) is 4.79 Å². The van der Waals surface area contributed by atoms with Crippen molar-refractivity contribution in [2.24, 2.45) is 0 Å². The molecule has 0 saturated heterocycles. The summed E-state index contributed by atoms with van der Waals surface area (Å²) in [7, 11) is 3.15. The van der Waals surface area contributed by atoms with Crippen molar-refractivity contribution in [2.45, 2.75) is 19.5 Å². The van der Waals surface area contributed by atoms with Gasteiger partial charge in [0.2, 0.25) is 0 Å². The number of anilines is 1. The summed E-state index contributed by atoms with van der Waals surface area (Å²) in [6.07, 6.45) is 0.908. The number of amides is 1. The van der Waals surface area contributed by atoms with Gasteiger partial charge in [-0.3, -0.25) is 9.69 Å². The molecule has 0 saturated carbocycles. The zero-order valence-electron chi connectivity index (χ0n) is 21.6. The van der Waals surface area contributed by atoms with Crippen molar-refractivity contribution in [3.05, 3.63) is 94.4 Å². The molecule has 0 fully saturated rings. The third kappa shape index (κ3) is 5.51. The van der Waals surface area contributed by atoms with Gasteiger partial charge in [-0.2, -0.15) is 0 Å². The maximum Gasteiger partial charge on any atom is 0.260 e. The van der Waals surface area contributed by atoms with Gasteiger partial charge in [-0.15, -0.1) is 35.1 Å². The van der Waals surface area contributed by atoms with Gasteiger partial charge in [-0.25, -0.2) is 4.98 Å². The standard InChI is InChI=1S/C30H27N3O3S2.ClH/c1-35-20-12-13-21(24(16-20)36-2)28(34)32-30-27(29-31-23-10-6-7-11-25(23)37-29)22-14-15-33(18-26(22)38-30)17-19-8-4-3-5-9-19;/h3-13,16H,14-15,17-18H2,1-2H3,(H,32,34);1H. The number of benzene rings is 3. The van der Waals surface area contributed by atoms with E-state index in [2.05, 4.69) is 40.5 Å². The molecule has 1 N–H and O–H groups in total. The molecule has 1 aliphatic heterocycles. The molecule has 0 bridgehead atoms. The molecule has 0 radical (unpaired) electrons. The van der Waals surface area contributed by atoms with Crippen molar-refractivity contribution < 1.29 is 14.3 Å². The van der Waals surface area contributed by atoms with E-state index in [4.69, 9.17) is 14.5 Å². The third-order valence-corrected chi connectivity index (χ3v) is 8.96. The SMILES string of the molecule is COc1ccc(C(=O)Nc2sc3c(c2-c2nc4ccccc4s2)CCN(Cc2ccccc2)C3)c(OC)c1.Cl. The van der Waals surface area contributed by atoms with E-state index in [0.717, 1.165) is 51.8 Å². The molecule has 0 atom stereocenters. The Kier molecular flexibility index (Phi) is 8.18. The summed E-state index contributed by atoms with van der Waals surface area (Å²) in [5.41, 5.74) is 5.07. The van der Waals surface area contributed by atoms with Gasteiger partial charge in [0.05, 0.1) is 30.0 Å². The predicted octanol–water partition coefficient (Wildman–Crippen LogP) is 7.27. The first kappa shape index (κ1) is 27.1. The number of halogens is 1. The van der Waals surface area contributed by atoms with Gasteiger partial charge in [-0.1, -0.05) is 42.5 Å². The fraction of sp³-hybridized carbons (Fsp3) is 0.200. The number of para-hydroxylation sites is 1. The molecular formula is C30H28ClN3O3S2. The van der Waals surface area contributed by atoms with Crippen LogP contribution in [0.2, 0.25) is 0 Å². The molecule has 0 aliphatic carbocycles. The van der Waals surface area contributed by atoms with Gasteiger partial charge in [-0.05, 0) is 41.8 Å². The van der Waals surface area contributed by atoms with Crippen LogP contribution in [0, 0.1) is 0 Å². The zero-order valence-corrected chi connectivity index (χ0v) is 24.1. The van der Waals surface area contributed by atoms with Crippen molar-refractivity contribution >= 4 is 56.2 Å². The maximum atomic E-state index is 13.5. The van der Waals surface area contributed by atoms with E-state index in [0.29, 0.717) is 17.1 Å². The fourth-order valence-electron chi connectivity index (χ4n) is 4.88. The van der Waals surface area contributed by atoms with Crippen LogP contribution in [0.15, 0.2) is 72.8 Å². The minimum Gasteiger partial charge on any atom is -0.497 e. The highest BCUT2D eigenvalue weighted by Gasteiger charge is 2.28. The third-order valence-electron chi connectivity index (χ3n) is 6.77. The number of nitrogens with one attached hydrogen (secondary N) is 1. The molecule has 0 unspecified atom stereocenters. The van der Waals surface area contributed by atoms with Crippen LogP contribution in [-0.2, 0) is 19.5 Å². The van der Waals surface area contributed by atoms with Gasteiger partial charge in [0, 0.05) is 36.1 Å². The molecule has 39 heavy (non-hydrogen) atoms. The molecule has 0 spiro atoms. The second-order valence-corrected chi connectivity index (χ2v) is 11.3. The van der Waals surface area contributed by atoms with Crippen molar-refractivity contribution in [1.82, 2.24) is 9.88 Å². The number of carbonyl (C=O) groups is 1. The Labute approximate surface area is 241 Å². The van der Waals surface area contributed by atoms with Crippen molar-refractivity contribution in [3.8, 4) is 22.1 Å². The molecule has 2 aromatic heterocycles. The van der Waals surface area contributed by atoms with Crippen LogP contribution in [0.4, 0.5) is 5.00 Å². The molecule has 6 nitrogen and oxygen atoms in total. The Balaban J connectivity index is 0.00000308. The predicted molar refractivity (Wildman–Crippen MR) is 162 cm³/mol. The van der Waals surface area contributed by atoms with E-state index in [1.54, 1.807) is 55.1 Å². The average molecular weight is 578 g/mol. The molecule has 1 amide bonds. The number of hydrogen-bond donors (Lipinski definition) is 1. The van der Waals surface area contributed by atoms with Crippen LogP contribution in [0.5, 0.6) is 11.5 Å². The Bertz CT molecular complexity index is 1580. The number of aromatic nitrogens is 1. The summed E-state index contributed by atoms with van der Waals surface area (Å²) in [4.78, 5) is 22.2. The zero-order chi connectivity index (χ0) is 26.1. The number of rotatable bonds is 7. The number of methoxy groups -OCH3 is 2. The van der Waals surface area contributed by atoms with Crippen LogP contribution >= 0.6 is 35.1 Å². The summed E-state index contributed by atoms with van der Waals surface area (Å²) in [6, 6.07) is 24.0. The molecule has 3 aromatic carbocycles. The summed E-state index contributed by atoms with van der Waals surface area (Å²) in [5.74, 6) is 0.893. The lowest BCUT2D eigenvalue weighted by Gasteiger charge is -2.27. The van der Waals surface area contributed by atoms with Crippen molar-refractivity contribution in [1.29, 1.82) is 0 Å². The van der Waals surface area contributed by atoms with E-state index >= 15 is 0 Å². The van der Waals surface area contributed by atoms with Crippen LogP contribution in [0.25, 0.3) is 20.8 Å². The number of hydrogen-bond acceptors (Lipinski definition) is 7. The van der Waals surface area contributed by atoms with Crippen LogP contribution in [0.1, 0.15) is 26.4 Å². The largest absolute Gasteiger partial charge is 0.497 e. The van der Waals surface area contributed by atoms with Gasteiger partial charge < -0.3 is 14.8 Å². The number of ether oxygens (including phenoxy) is 2. The van der Waals surface area contributed by atoms with E-state index in [1.807, 2.05) is 24.3 Å². The van der Waals surface area contributed by atoms with E-state index in [1.165, 1.54) is 16.0 Å². The number of carbonyl (C=O) groups excluding carboxylic acids is 1. The minimum atomic E-state index is -0.216. The fourth-order valence-corrected chi connectivity index (χ4v) is 7.28. The van der Waals surface area contributed by atoms with Crippen molar-refractivity contribution in [3.63, 3.8) is 0 Å². The second-order valence-electron chi connectivity index (χ2n) is 9.16. The van der Waals surface area contributed by atoms with Gasteiger partial charge in [0.15, 0.2) is 0 Å². The number of fused-ring (bicyclic) bond motifs is 2. The van der Waals surface area contributed by atoms with Gasteiger partial charge >= 0.3 is 0 Å². The molecular weight excluding hydrogens is 550 g/mol. The first-order valence-corrected chi connectivity index (χ1v) is 14.1. The highest BCUT2D eigenvalue weighted by Crippen LogP contribution is 2.46. The molecule has 6 rings (SSSR count). The first-order chi connectivity index (χ1) is 18.6. The summed E-state index contributed by atoms with van der Waals surface area (Å²) in [6.45, 7) is 2.70. The molecule has 3 heterocycles. The smallest absolute Gasteiger partial charge is 0.260 e. The summed E-state index contributed by atoms with van der Waals surface area (Å²) < 4.78 is 11.9. The lowest BCUT2D eigenvalue weighted by Crippen LogP contribution is -2.29. The molecule has 5 aromatic rings. The monoisotopic (exact) mass is 577 g/mol. The Morgan fingerprint density at radius 2 is 1.79 bits per heavy atom. The number of thiophene rings is 1. The molecule has 9 heteroatoms. The number of thiazole rings is 1. The quantitative estimate of drug-likeness (QED) is 0.220. The molecule has 1 aliphatic rings. The highest BCUT2D eigenvalue weighted by atomic mass is 35.5. The van der Waals surface area contributed by atoms with Crippen LogP contribution in [0.3, 0.4) is 0 Å². The topological polar surface area (TPSA) is 63.7 Å². The average Bonchev–Trinajstić information content (AvgIpc) is 3.53. The first-order valence-electron chi connectivity index (χ1n) is 12.4. The lowest BCUT2D eigenvalue weighted by atomic mass is 10.0. The summed E-state index contributed by atoms with van der Waals surface area (Å²) in [5, 5.41) is 4.98. The highest BCUT2D eigenvalue weighted by molar-refractivity contribution is 7.23.